The second kappa shape index (κ2) is 8.65. The lowest BCUT2D eigenvalue weighted by Gasteiger charge is -2.36. The molecule has 1 N–H and O–H groups in total. The highest BCUT2D eigenvalue weighted by Gasteiger charge is 2.24. The minimum absolute atomic E-state index is 0.302. The fourth-order valence-corrected chi connectivity index (χ4v) is 2.92. The van der Waals surface area contributed by atoms with E-state index in [0.29, 0.717) is 26.2 Å². The number of anilines is 2. The first-order valence-electron chi connectivity index (χ1n) is 8.71. The Morgan fingerprint density at radius 1 is 0.966 bits per heavy atom. The number of nitriles is 1. The summed E-state index contributed by atoms with van der Waals surface area (Å²) in [5.74, 6) is -5.34. The largest absolute Gasteiger partial charge is 0.368 e. The van der Waals surface area contributed by atoms with Crippen molar-refractivity contribution in [3.8, 4) is 6.07 Å². The average molecular weight is 404 g/mol. The van der Waals surface area contributed by atoms with Crippen molar-refractivity contribution in [3.05, 3.63) is 71.4 Å². The molecule has 150 valence electrons. The lowest BCUT2D eigenvalue weighted by molar-refractivity contribution is -0.127. The quantitative estimate of drug-likeness (QED) is 0.367. The highest BCUT2D eigenvalue weighted by atomic mass is 19.2. The Morgan fingerprint density at radius 3 is 2.24 bits per heavy atom. The van der Waals surface area contributed by atoms with Crippen LogP contribution in [-0.2, 0) is 4.79 Å². The van der Waals surface area contributed by atoms with Crippen LogP contribution in [0.5, 0.6) is 0 Å². The molecule has 1 amide bonds. The number of nitrogens with zero attached hydrogens (tertiary/aromatic N) is 3. The van der Waals surface area contributed by atoms with Gasteiger partial charge in [-0.05, 0) is 36.4 Å². The van der Waals surface area contributed by atoms with E-state index in [2.05, 4.69) is 5.32 Å². The summed E-state index contributed by atoms with van der Waals surface area (Å²) in [6, 6.07) is 9.42. The fourth-order valence-electron chi connectivity index (χ4n) is 2.92. The van der Waals surface area contributed by atoms with E-state index in [-0.39, 0.29) is 11.4 Å². The molecule has 0 unspecified atom stereocenters. The SMILES string of the molecule is N#C/C(=C/Nc1ccc(F)c(F)c1F)C(=O)N1CCN(c2ccc(F)cc2)CC1. The standard InChI is InChI=1S/C20H16F4N4O/c21-14-1-3-15(4-2-14)27-7-9-28(10-8-27)20(29)13(11-25)12-26-17-6-5-16(22)18(23)19(17)24/h1-6,12,26H,7-10H2/b13-12-. The lowest BCUT2D eigenvalue weighted by atomic mass is 10.2. The molecule has 5 nitrogen and oxygen atoms in total. The number of hydrogen-bond acceptors (Lipinski definition) is 4. The summed E-state index contributed by atoms with van der Waals surface area (Å²) < 4.78 is 53.0. The average Bonchev–Trinajstić information content (AvgIpc) is 2.74. The zero-order valence-electron chi connectivity index (χ0n) is 15.1. The van der Waals surface area contributed by atoms with Crippen molar-refractivity contribution in [2.24, 2.45) is 0 Å². The first kappa shape index (κ1) is 20.2. The number of benzene rings is 2. The third-order valence-corrected chi connectivity index (χ3v) is 4.52. The van der Waals surface area contributed by atoms with Crippen LogP contribution in [0.25, 0.3) is 0 Å². The van der Waals surface area contributed by atoms with Crippen molar-refractivity contribution in [2.45, 2.75) is 0 Å². The molecule has 0 saturated carbocycles. The Morgan fingerprint density at radius 2 is 1.62 bits per heavy atom. The Kier molecular flexibility index (Phi) is 6.02. The molecule has 0 bridgehead atoms. The summed E-state index contributed by atoms with van der Waals surface area (Å²) in [5, 5.41) is 11.6. The zero-order valence-corrected chi connectivity index (χ0v) is 15.1. The van der Waals surface area contributed by atoms with Gasteiger partial charge < -0.3 is 15.1 Å². The van der Waals surface area contributed by atoms with Gasteiger partial charge in [0.2, 0.25) is 0 Å². The van der Waals surface area contributed by atoms with Crippen molar-refractivity contribution < 1.29 is 22.4 Å². The summed E-state index contributed by atoms with van der Waals surface area (Å²) in [4.78, 5) is 16.0. The number of rotatable bonds is 4. The van der Waals surface area contributed by atoms with E-state index >= 15 is 0 Å². The van der Waals surface area contributed by atoms with Gasteiger partial charge in [0.1, 0.15) is 17.5 Å². The van der Waals surface area contributed by atoms with Crippen LogP contribution in [0.15, 0.2) is 48.2 Å². The van der Waals surface area contributed by atoms with Gasteiger partial charge in [0.15, 0.2) is 17.5 Å². The molecule has 1 saturated heterocycles. The molecule has 1 aliphatic rings. The van der Waals surface area contributed by atoms with Crippen LogP contribution in [0.2, 0.25) is 0 Å². The van der Waals surface area contributed by atoms with E-state index in [9.17, 15) is 27.6 Å². The van der Waals surface area contributed by atoms with Gasteiger partial charge in [-0.2, -0.15) is 5.26 Å². The monoisotopic (exact) mass is 404 g/mol. The first-order chi connectivity index (χ1) is 13.9. The third-order valence-electron chi connectivity index (χ3n) is 4.52. The summed E-state index contributed by atoms with van der Waals surface area (Å²) in [5.41, 5.74) is 0.125. The molecule has 1 aliphatic heterocycles. The summed E-state index contributed by atoms with van der Waals surface area (Å²) in [6.45, 7) is 1.63. The van der Waals surface area contributed by atoms with Crippen LogP contribution in [0.3, 0.4) is 0 Å². The third kappa shape index (κ3) is 4.48. The van der Waals surface area contributed by atoms with Gasteiger partial charge in [0, 0.05) is 38.1 Å². The Labute approximate surface area is 164 Å². The fraction of sp³-hybridized carbons (Fsp3) is 0.200. The Bertz CT molecular complexity index is 977. The van der Waals surface area contributed by atoms with E-state index in [1.54, 1.807) is 18.2 Å². The predicted molar refractivity (Wildman–Crippen MR) is 98.8 cm³/mol. The smallest absolute Gasteiger partial charge is 0.266 e. The van der Waals surface area contributed by atoms with E-state index in [4.69, 9.17) is 0 Å². The van der Waals surface area contributed by atoms with Crippen LogP contribution in [-0.4, -0.2) is 37.0 Å². The van der Waals surface area contributed by atoms with Gasteiger partial charge in [0.25, 0.3) is 5.91 Å². The summed E-state index contributed by atoms with van der Waals surface area (Å²) >= 11 is 0. The van der Waals surface area contributed by atoms with E-state index in [1.165, 1.54) is 17.0 Å². The summed E-state index contributed by atoms with van der Waals surface area (Å²) in [7, 11) is 0. The molecule has 29 heavy (non-hydrogen) atoms. The van der Waals surface area contributed by atoms with Gasteiger partial charge in [-0.3, -0.25) is 4.79 Å². The molecule has 0 spiro atoms. The maximum atomic E-state index is 13.7. The van der Waals surface area contributed by atoms with Gasteiger partial charge in [-0.15, -0.1) is 0 Å². The molecule has 0 radical (unpaired) electrons. The number of halogens is 4. The minimum Gasteiger partial charge on any atom is -0.368 e. The van der Waals surface area contributed by atoms with Gasteiger partial charge >= 0.3 is 0 Å². The van der Waals surface area contributed by atoms with Crippen LogP contribution >= 0.6 is 0 Å². The van der Waals surface area contributed by atoms with Gasteiger partial charge in [-0.25, -0.2) is 17.6 Å². The number of nitrogens with one attached hydrogen (secondary N) is 1. The number of amides is 1. The van der Waals surface area contributed by atoms with Crippen LogP contribution < -0.4 is 10.2 Å². The summed E-state index contributed by atoms with van der Waals surface area (Å²) in [6.07, 6.45) is 0.963. The molecule has 3 rings (SSSR count). The number of hydrogen-bond donors (Lipinski definition) is 1. The number of piperazine rings is 1. The highest BCUT2D eigenvalue weighted by molar-refractivity contribution is 5.97. The molecule has 0 aliphatic carbocycles. The Balaban J connectivity index is 1.64. The number of carbonyl (C=O) groups is 1. The molecule has 1 fully saturated rings. The second-order valence-electron chi connectivity index (χ2n) is 6.29. The molecule has 0 atom stereocenters. The normalized spacial score (nSPS) is 14.5. The molecule has 2 aromatic rings. The topological polar surface area (TPSA) is 59.4 Å². The van der Waals surface area contributed by atoms with E-state index in [0.717, 1.165) is 24.0 Å². The van der Waals surface area contributed by atoms with Crippen LogP contribution in [0, 0.1) is 34.6 Å². The van der Waals surface area contributed by atoms with Crippen molar-refractivity contribution in [3.63, 3.8) is 0 Å². The maximum Gasteiger partial charge on any atom is 0.266 e. The molecular weight excluding hydrogens is 388 g/mol. The molecule has 2 aromatic carbocycles. The molecule has 0 aromatic heterocycles. The van der Waals surface area contributed by atoms with Crippen molar-refractivity contribution >= 4 is 17.3 Å². The van der Waals surface area contributed by atoms with E-state index < -0.39 is 29.0 Å². The van der Waals surface area contributed by atoms with Crippen molar-refractivity contribution in [1.82, 2.24) is 4.90 Å². The maximum absolute atomic E-state index is 13.7. The van der Waals surface area contributed by atoms with Gasteiger partial charge in [0.05, 0.1) is 5.69 Å². The lowest BCUT2D eigenvalue weighted by Crippen LogP contribution is -2.49. The second-order valence-corrected chi connectivity index (χ2v) is 6.29. The number of carbonyl (C=O) groups excluding carboxylic acids is 1. The molecular formula is C20H16F4N4O. The van der Waals surface area contributed by atoms with Gasteiger partial charge in [-0.1, -0.05) is 0 Å². The Hall–Kier alpha value is -3.54. The minimum atomic E-state index is -1.65. The highest BCUT2D eigenvalue weighted by Crippen LogP contribution is 2.21. The predicted octanol–water partition coefficient (Wildman–Crippen LogP) is 3.41. The molecule has 9 heteroatoms. The zero-order chi connectivity index (χ0) is 21.0. The van der Waals surface area contributed by atoms with Crippen molar-refractivity contribution in [2.75, 3.05) is 36.4 Å². The van der Waals surface area contributed by atoms with Crippen molar-refractivity contribution in [1.29, 1.82) is 5.26 Å². The first-order valence-corrected chi connectivity index (χ1v) is 8.71. The van der Waals surface area contributed by atoms with Crippen LogP contribution in [0.4, 0.5) is 28.9 Å². The molecule has 1 heterocycles. The van der Waals surface area contributed by atoms with E-state index in [1.807, 2.05) is 4.90 Å². The van der Waals surface area contributed by atoms with Crippen LogP contribution in [0.1, 0.15) is 0 Å².